The lowest BCUT2D eigenvalue weighted by molar-refractivity contribution is -0.123. The number of nitrogens with one attached hydrogen (secondary N) is 1. The Kier molecular flexibility index (Phi) is 5.64. The van der Waals surface area contributed by atoms with Crippen molar-refractivity contribution in [1.82, 2.24) is 5.32 Å². The molecule has 0 aliphatic rings. The van der Waals surface area contributed by atoms with E-state index >= 15 is 0 Å². The molecule has 0 saturated carbocycles. The van der Waals surface area contributed by atoms with Crippen molar-refractivity contribution in [2.24, 2.45) is 0 Å². The van der Waals surface area contributed by atoms with Crippen LogP contribution in [0.4, 0.5) is 0 Å². The molecule has 1 N–H and O–H groups in total. The summed E-state index contributed by atoms with van der Waals surface area (Å²) < 4.78 is 6.24. The maximum atomic E-state index is 11.3. The van der Waals surface area contributed by atoms with E-state index < -0.39 is 0 Å². The quantitative estimate of drug-likeness (QED) is 0.644. The number of hydrogen-bond acceptors (Lipinski definition) is 2. The van der Waals surface area contributed by atoms with Gasteiger partial charge in [0.05, 0.1) is 0 Å². The first-order valence-corrected chi connectivity index (χ1v) is 5.77. The Morgan fingerprint density at radius 3 is 3.06 bits per heavy atom. The normalized spacial score (nSPS) is 9.56. The number of carbonyl (C=O) groups is 1. The Morgan fingerprint density at radius 2 is 2.38 bits per heavy atom. The number of carbonyl (C=O) groups excluding carboxylic acids is 1. The maximum absolute atomic E-state index is 11.3. The lowest BCUT2D eigenvalue weighted by Crippen LogP contribution is -2.29. The topological polar surface area (TPSA) is 38.3 Å². The summed E-state index contributed by atoms with van der Waals surface area (Å²) in [5, 5.41) is 2.72. The van der Waals surface area contributed by atoms with E-state index in [0.717, 1.165) is 10.9 Å². The van der Waals surface area contributed by atoms with Crippen molar-refractivity contribution in [3.63, 3.8) is 0 Å². The van der Waals surface area contributed by atoms with Crippen LogP contribution in [0.3, 0.4) is 0 Å². The molecule has 1 aromatic carbocycles. The van der Waals surface area contributed by atoms with Crippen molar-refractivity contribution in [3.05, 3.63) is 41.4 Å². The van der Waals surface area contributed by atoms with Gasteiger partial charge < -0.3 is 10.1 Å². The van der Waals surface area contributed by atoms with Crippen LogP contribution in [0, 0.1) is 0 Å². The average Bonchev–Trinajstić information content (AvgIpc) is 2.27. The molecule has 0 heterocycles. The van der Waals surface area contributed by atoms with Crippen LogP contribution >= 0.6 is 15.9 Å². The SMILES string of the molecule is C=CCCNC(=O)COc1cccc(Br)c1. The maximum Gasteiger partial charge on any atom is 0.257 e. The first-order chi connectivity index (χ1) is 7.72. The van der Waals surface area contributed by atoms with E-state index in [4.69, 9.17) is 4.74 Å². The number of hydrogen-bond donors (Lipinski definition) is 1. The predicted octanol–water partition coefficient (Wildman–Crippen LogP) is 2.52. The summed E-state index contributed by atoms with van der Waals surface area (Å²) in [6.45, 7) is 4.21. The Balaban J connectivity index is 2.28. The van der Waals surface area contributed by atoms with Gasteiger partial charge in [0.1, 0.15) is 5.75 Å². The minimum absolute atomic E-state index is 0.0353. The fourth-order valence-electron chi connectivity index (χ4n) is 1.07. The molecule has 0 fully saturated rings. The molecule has 86 valence electrons. The van der Waals surface area contributed by atoms with Gasteiger partial charge in [-0.05, 0) is 24.6 Å². The molecule has 0 radical (unpaired) electrons. The highest BCUT2D eigenvalue weighted by molar-refractivity contribution is 9.10. The zero-order valence-corrected chi connectivity index (χ0v) is 10.5. The molecule has 3 nitrogen and oxygen atoms in total. The van der Waals surface area contributed by atoms with Crippen molar-refractivity contribution < 1.29 is 9.53 Å². The van der Waals surface area contributed by atoms with Crippen LogP contribution in [0.2, 0.25) is 0 Å². The highest BCUT2D eigenvalue weighted by Gasteiger charge is 2.01. The second-order valence-corrected chi connectivity index (χ2v) is 4.09. The second-order valence-electron chi connectivity index (χ2n) is 3.17. The van der Waals surface area contributed by atoms with Gasteiger partial charge in [-0.3, -0.25) is 4.79 Å². The van der Waals surface area contributed by atoms with Gasteiger partial charge in [0, 0.05) is 11.0 Å². The molecule has 16 heavy (non-hydrogen) atoms. The van der Waals surface area contributed by atoms with Crippen molar-refractivity contribution >= 4 is 21.8 Å². The van der Waals surface area contributed by atoms with Crippen molar-refractivity contribution in [3.8, 4) is 5.75 Å². The van der Waals surface area contributed by atoms with Crippen molar-refractivity contribution in [2.75, 3.05) is 13.2 Å². The Labute approximate surface area is 104 Å². The largest absolute Gasteiger partial charge is 0.484 e. The third-order valence-corrected chi connectivity index (χ3v) is 2.33. The summed E-state index contributed by atoms with van der Waals surface area (Å²) in [6.07, 6.45) is 2.53. The van der Waals surface area contributed by atoms with Gasteiger partial charge >= 0.3 is 0 Å². The molecular formula is C12H14BrNO2. The van der Waals surface area contributed by atoms with E-state index in [-0.39, 0.29) is 12.5 Å². The molecule has 1 aromatic rings. The number of halogens is 1. The van der Waals surface area contributed by atoms with Crippen LogP contribution in [0.1, 0.15) is 6.42 Å². The van der Waals surface area contributed by atoms with Gasteiger partial charge in [-0.1, -0.05) is 28.1 Å². The third-order valence-electron chi connectivity index (χ3n) is 1.84. The molecule has 0 spiro atoms. The summed E-state index contributed by atoms with van der Waals surface area (Å²) in [5.74, 6) is 0.551. The van der Waals surface area contributed by atoms with Crippen LogP contribution < -0.4 is 10.1 Å². The van der Waals surface area contributed by atoms with Crippen molar-refractivity contribution in [2.45, 2.75) is 6.42 Å². The molecule has 4 heteroatoms. The number of amides is 1. The minimum atomic E-state index is -0.123. The fourth-order valence-corrected chi connectivity index (χ4v) is 1.45. The molecule has 1 rings (SSSR count). The van der Waals surface area contributed by atoms with Gasteiger partial charge in [0.25, 0.3) is 5.91 Å². The van der Waals surface area contributed by atoms with Gasteiger partial charge in [-0.15, -0.1) is 6.58 Å². The first kappa shape index (κ1) is 12.8. The summed E-state index contributed by atoms with van der Waals surface area (Å²) in [7, 11) is 0. The molecule has 0 unspecified atom stereocenters. The first-order valence-electron chi connectivity index (χ1n) is 4.98. The summed E-state index contributed by atoms with van der Waals surface area (Å²) in [6, 6.07) is 7.38. The van der Waals surface area contributed by atoms with E-state index in [2.05, 4.69) is 27.8 Å². The third kappa shape index (κ3) is 4.98. The lowest BCUT2D eigenvalue weighted by Gasteiger charge is -2.06. The van der Waals surface area contributed by atoms with Gasteiger partial charge in [-0.25, -0.2) is 0 Å². The zero-order chi connectivity index (χ0) is 11.8. The van der Waals surface area contributed by atoms with Crippen molar-refractivity contribution in [1.29, 1.82) is 0 Å². The van der Waals surface area contributed by atoms with Crippen LogP contribution in [-0.2, 0) is 4.79 Å². The van der Waals surface area contributed by atoms with E-state index in [9.17, 15) is 4.79 Å². The fraction of sp³-hybridized carbons (Fsp3) is 0.250. The highest BCUT2D eigenvalue weighted by atomic mass is 79.9. The minimum Gasteiger partial charge on any atom is -0.484 e. The Bertz CT molecular complexity index is 366. The van der Waals surface area contributed by atoms with Crippen LogP contribution in [-0.4, -0.2) is 19.1 Å². The molecule has 0 bridgehead atoms. The van der Waals surface area contributed by atoms with Crippen LogP contribution in [0.5, 0.6) is 5.75 Å². The average molecular weight is 284 g/mol. The molecule has 0 atom stereocenters. The summed E-state index contributed by atoms with van der Waals surface area (Å²) in [4.78, 5) is 11.3. The molecule has 0 aliphatic heterocycles. The van der Waals surface area contributed by atoms with Crippen LogP contribution in [0.15, 0.2) is 41.4 Å². The summed E-state index contributed by atoms with van der Waals surface area (Å²) in [5.41, 5.74) is 0. The van der Waals surface area contributed by atoms with E-state index in [1.54, 1.807) is 6.08 Å². The van der Waals surface area contributed by atoms with E-state index in [1.165, 1.54) is 0 Å². The molecule has 1 amide bonds. The van der Waals surface area contributed by atoms with E-state index in [0.29, 0.717) is 12.3 Å². The standard InChI is InChI=1S/C12H14BrNO2/c1-2-3-7-14-12(15)9-16-11-6-4-5-10(13)8-11/h2,4-6,8H,1,3,7,9H2,(H,14,15). The molecule has 0 aliphatic carbocycles. The predicted molar refractivity (Wildman–Crippen MR) is 67.5 cm³/mol. The zero-order valence-electron chi connectivity index (χ0n) is 8.91. The monoisotopic (exact) mass is 283 g/mol. The second kappa shape index (κ2) is 7.06. The lowest BCUT2D eigenvalue weighted by atomic mass is 10.3. The smallest absolute Gasteiger partial charge is 0.257 e. The summed E-state index contributed by atoms with van der Waals surface area (Å²) >= 11 is 3.33. The molecular weight excluding hydrogens is 270 g/mol. The molecule has 0 saturated heterocycles. The van der Waals surface area contributed by atoms with Crippen LogP contribution in [0.25, 0.3) is 0 Å². The van der Waals surface area contributed by atoms with E-state index in [1.807, 2.05) is 24.3 Å². The Morgan fingerprint density at radius 1 is 1.56 bits per heavy atom. The Hall–Kier alpha value is -1.29. The number of benzene rings is 1. The van der Waals surface area contributed by atoms with Gasteiger partial charge in [0.2, 0.25) is 0 Å². The van der Waals surface area contributed by atoms with Gasteiger partial charge in [-0.2, -0.15) is 0 Å². The number of rotatable bonds is 6. The molecule has 0 aromatic heterocycles. The highest BCUT2D eigenvalue weighted by Crippen LogP contribution is 2.17. The number of ether oxygens (including phenoxy) is 1. The van der Waals surface area contributed by atoms with Gasteiger partial charge in [0.15, 0.2) is 6.61 Å².